The Morgan fingerprint density at radius 2 is 1.53 bits per heavy atom. The van der Waals surface area contributed by atoms with Crippen LogP contribution in [0.4, 0.5) is 0 Å². The predicted molar refractivity (Wildman–Crippen MR) is 67.5 cm³/mol. The van der Waals surface area contributed by atoms with E-state index < -0.39 is 17.8 Å². The minimum Gasteiger partial charge on any atom is -0.418 e. The second-order valence-corrected chi connectivity index (χ2v) is 9.26. The molecule has 0 aliphatic heterocycles. The fraction of sp³-hybridized carbons (Fsp3) is 1.00. The fourth-order valence-corrected chi connectivity index (χ4v) is 6.79. The highest BCUT2D eigenvalue weighted by Gasteiger charge is 2.41. The standard InChI is InChI=1S/C9H25NO3Si2/c1-7-10(8-2)9-15(11-3,12-4)13-14(5)6/h14H,7-9H2,1-6H3. The molecule has 6 heteroatoms. The third kappa shape index (κ3) is 5.23. The molecule has 0 aromatic rings. The first-order chi connectivity index (χ1) is 7.03. The van der Waals surface area contributed by atoms with Crippen LogP contribution in [-0.4, -0.2) is 56.2 Å². The van der Waals surface area contributed by atoms with Crippen molar-refractivity contribution < 1.29 is 13.0 Å². The van der Waals surface area contributed by atoms with Gasteiger partial charge in [0.1, 0.15) is 0 Å². The summed E-state index contributed by atoms with van der Waals surface area (Å²) in [6, 6.07) is 0. The van der Waals surface area contributed by atoms with Crippen LogP contribution in [0.2, 0.25) is 13.1 Å². The lowest BCUT2D eigenvalue weighted by atomic mass is 10.6. The molecular weight excluding hydrogens is 226 g/mol. The van der Waals surface area contributed by atoms with Gasteiger partial charge in [0.05, 0.1) is 6.17 Å². The molecular formula is C9H25NO3Si2. The molecule has 0 saturated carbocycles. The lowest BCUT2D eigenvalue weighted by Crippen LogP contribution is -2.55. The summed E-state index contributed by atoms with van der Waals surface area (Å²) in [5.41, 5.74) is 0. The molecule has 15 heavy (non-hydrogen) atoms. The Kier molecular flexibility index (Phi) is 7.67. The minimum atomic E-state index is -2.42. The zero-order chi connectivity index (χ0) is 11.9. The van der Waals surface area contributed by atoms with E-state index in [-0.39, 0.29) is 0 Å². The van der Waals surface area contributed by atoms with E-state index in [0.29, 0.717) is 0 Å². The van der Waals surface area contributed by atoms with Crippen LogP contribution < -0.4 is 0 Å². The topological polar surface area (TPSA) is 30.9 Å². The van der Waals surface area contributed by atoms with E-state index in [1.54, 1.807) is 14.2 Å². The van der Waals surface area contributed by atoms with Gasteiger partial charge in [0.25, 0.3) is 0 Å². The van der Waals surface area contributed by atoms with Crippen LogP contribution in [0.3, 0.4) is 0 Å². The maximum Gasteiger partial charge on any atom is 0.504 e. The molecule has 0 bridgehead atoms. The Labute approximate surface area is 96.6 Å². The summed E-state index contributed by atoms with van der Waals surface area (Å²) in [5, 5.41) is 0. The van der Waals surface area contributed by atoms with Gasteiger partial charge < -0.3 is 13.0 Å². The smallest absolute Gasteiger partial charge is 0.418 e. The van der Waals surface area contributed by atoms with E-state index in [2.05, 4.69) is 31.8 Å². The molecule has 0 aromatic carbocycles. The molecule has 0 N–H and O–H groups in total. The molecule has 0 unspecified atom stereocenters. The third-order valence-corrected chi connectivity index (χ3v) is 7.75. The molecule has 0 rings (SSSR count). The lowest BCUT2D eigenvalue weighted by molar-refractivity contribution is 0.138. The summed E-state index contributed by atoms with van der Waals surface area (Å²) in [6.45, 7) is 10.6. The van der Waals surface area contributed by atoms with Gasteiger partial charge in [-0.15, -0.1) is 0 Å². The van der Waals surface area contributed by atoms with Gasteiger partial charge in [-0.2, -0.15) is 0 Å². The van der Waals surface area contributed by atoms with Crippen LogP contribution in [0.15, 0.2) is 0 Å². The summed E-state index contributed by atoms with van der Waals surface area (Å²) in [5.74, 6) is 0. The van der Waals surface area contributed by atoms with E-state index in [0.717, 1.165) is 19.3 Å². The Balaban J connectivity index is 4.47. The highest BCUT2D eigenvalue weighted by molar-refractivity contribution is 6.70. The molecule has 0 spiro atoms. The van der Waals surface area contributed by atoms with Crippen LogP contribution in [0.25, 0.3) is 0 Å². The summed E-state index contributed by atoms with van der Waals surface area (Å²) < 4.78 is 17.0. The molecule has 0 aliphatic carbocycles. The van der Waals surface area contributed by atoms with Gasteiger partial charge in [0.15, 0.2) is 9.04 Å². The van der Waals surface area contributed by atoms with Crippen LogP contribution in [0.1, 0.15) is 13.8 Å². The molecule has 92 valence electrons. The van der Waals surface area contributed by atoms with Gasteiger partial charge in [-0.25, -0.2) is 0 Å². The second kappa shape index (κ2) is 7.53. The van der Waals surface area contributed by atoms with Gasteiger partial charge in [0, 0.05) is 14.2 Å². The highest BCUT2D eigenvalue weighted by Crippen LogP contribution is 2.11. The second-order valence-electron chi connectivity index (χ2n) is 3.72. The van der Waals surface area contributed by atoms with Crippen molar-refractivity contribution in [3.8, 4) is 0 Å². The predicted octanol–water partition coefficient (Wildman–Crippen LogP) is 1.10. The van der Waals surface area contributed by atoms with Crippen molar-refractivity contribution in [1.29, 1.82) is 0 Å². The van der Waals surface area contributed by atoms with E-state index in [9.17, 15) is 0 Å². The van der Waals surface area contributed by atoms with Crippen molar-refractivity contribution in [3.05, 3.63) is 0 Å². The van der Waals surface area contributed by atoms with E-state index in [4.69, 9.17) is 13.0 Å². The number of rotatable bonds is 8. The molecule has 0 saturated heterocycles. The van der Waals surface area contributed by atoms with Crippen molar-refractivity contribution in [2.45, 2.75) is 26.9 Å². The molecule has 0 fully saturated rings. The molecule has 0 aliphatic rings. The quantitative estimate of drug-likeness (QED) is 0.605. The number of hydrogen-bond acceptors (Lipinski definition) is 4. The summed E-state index contributed by atoms with van der Waals surface area (Å²) >= 11 is 0. The first-order valence-corrected chi connectivity index (χ1v) is 10.2. The Morgan fingerprint density at radius 1 is 1.07 bits per heavy atom. The van der Waals surface area contributed by atoms with Gasteiger partial charge >= 0.3 is 8.80 Å². The van der Waals surface area contributed by atoms with Crippen molar-refractivity contribution in [3.63, 3.8) is 0 Å². The first kappa shape index (κ1) is 15.3. The van der Waals surface area contributed by atoms with E-state index in [1.807, 2.05) is 0 Å². The Bertz CT molecular complexity index is 161. The van der Waals surface area contributed by atoms with Crippen molar-refractivity contribution >= 4 is 17.8 Å². The van der Waals surface area contributed by atoms with Crippen LogP contribution >= 0.6 is 0 Å². The average Bonchev–Trinajstić information content (AvgIpc) is 2.23. The van der Waals surface area contributed by atoms with Crippen molar-refractivity contribution in [1.82, 2.24) is 4.90 Å². The monoisotopic (exact) mass is 251 g/mol. The van der Waals surface area contributed by atoms with Crippen LogP contribution in [-0.2, 0) is 13.0 Å². The lowest BCUT2D eigenvalue weighted by Gasteiger charge is -2.32. The molecule has 0 atom stereocenters. The largest absolute Gasteiger partial charge is 0.504 e. The molecule has 4 nitrogen and oxygen atoms in total. The van der Waals surface area contributed by atoms with Gasteiger partial charge in [-0.3, -0.25) is 4.90 Å². The third-order valence-electron chi connectivity index (χ3n) is 2.35. The average molecular weight is 251 g/mol. The molecule has 0 aromatic heterocycles. The summed E-state index contributed by atoms with van der Waals surface area (Å²) in [4.78, 5) is 2.29. The Morgan fingerprint density at radius 3 is 1.80 bits per heavy atom. The normalized spacial score (nSPS) is 12.8. The van der Waals surface area contributed by atoms with Crippen LogP contribution in [0.5, 0.6) is 0 Å². The number of hydrogen-bond donors (Lipinski definition) is 0. The fourth-order valence-electron chi connectivity index (χ4n) is 1.43. The number of nitrogens with zero attached hydrogens (tertiary/aromatic N) is 1. The van der Waals surface area contributed by atoms with E-state index >= 15 is 0 Å². The maximum absolute atomic E-state index is 5.96. The first-order valence-electron chi connectivity index (χ1n) is 5.54. The van der Waals surface area contributed by atoms with Gasteiger partial charge in [-0.05, 0) is 26.2 Å². The molecule has 0 amide bonds. The zero-order valence-corrected chi connectivity index (χ0v) is 13.0. The zero-order valence-electron chi connectivity index (χ0n) is 10.9. The van der Waals surface area contributed by atoms with Crippen LogP contribution in [0, 0.1) is 0 Å². The highest BCUT2D eigenvalue weighted by atomic mass is 28.4. The minimum absolute atomic E-state index is 0.790. The Hall–Kier alpha value is 0.274. The van der Waals surface area contributed by atoms with Crippen molar-refractivity contribution in [2.75, 3.05) is 33.5 Å². The summed E-state index contributed by atoms with van der Waals surface area (Å²) in [7, 11) is -0.170. The SMILES string of the molecule is CCN(CC)C[Si](OC)(OC)O[SiH](C)C. The van der Waals surface area contributed by atoms with Gasteiger partial charge in [-0.1, -0.05) is 13.8 Å². The maximum atomic E-state index is 5.96. The molecule has 0 radical (unpaired) electrons. The van der Waals surface area contributed by atoms with E-state index in [1.165, 1.54) is 0 Å². The van der Waals surface area contributed by atoms with Gasteiger partial charge in [0.2, 0.25) is 0 Å². The molecule has 0 heterocycles. The van der Waals surface area contributed by atoms with Crippen molar-refractivity contribution in [2.24, 2.45) is 0 Å². The summed E-state index contributed by atoms with van der Waals surface area (Å²) in [6.07, 6.45) is 0.790.